The predicted octanol–water partition coefficient (Wildman–Crippen LogP) is 2.84. The second-order valence-electron chi connectivity index (χ2n) is 7.31. The SMILES string of the molecule is Cc1cccc(OCC(=O)N2CCC(NC(=O)CC(C)C)CC2)c1C. The highest BCUT2D eigenvalue weighted by Gasteiger charge is 2.24. The highest BCUT2D eigenvalue weighted by atomic mass is 16.5. The molecule has 0 radical (unpaired) electrons. The fraction of sp³-hybridized carbons (Fsp3) is 0.600. The molecule has 5 nitrogen and oxygen atoms in total. The van der Waals surface area contributed by atoms with Crippen LogP contribution in [0.25, 0.3) is 0 Å². The summed E-state index contributed by atoms with van der Waals surface area (Å²) in [5, 5.41) is 3.07. The van der Waals surface area contributed by atoms with Crippen LogP contribution in [0, 0.1) is 19.8 Å². The Kier molecular flexibility index (Phi) is 6.85. The fourth-order valence-corrected chi connectivity index (χ4v) is 3.04. The monoisotopic (exact) mass is 346 g/mol. The molecule has 25 heavy (non-hydrogen) atoms. The van der Waals surface area contributed by atoms with Gasteiger partial charge in [0.05, 0.1) is 0 Å². The van der Waals surface area contributed by atoms with Crippen molar-refractivity contribution in [3.63, 3.8) is 0 Å². The van der Waals surface area contributed by atoms with Gasteiger partial charge in [-0.2, -0.15) is 0 Å². The first-order chi connectivity index (χ1) is 11.9. The van der Waals surface area contributed by atoms with Crippen LogP contribution in [0.2, 0.25) is 0 Å². The maximum absolute atomic E-state index is 12.4. The summed E-state index contributed by atoms with van der Waals surface area (Å²) in [5.74, 6) is 1.25. The number of carbonyl (C=O) groups is 2. The molecule has 0 atom stereocenters. The Labute approximate surface area is 150 Å². The topological polar surface area (TPSA) is 58.6 Å². The summed E-state index contributed by atoms with van der Waals surface area (Å²) in [6, 6.07) is 6.04. The lowest BCUT2D eigenvalue weighted by Crippen LogP contribution is -2.47. The van der Waals surface area contributed by atoms with Gasteiger partial charge in [0.2, 0.25) is 5.91 Å². The standard InChI is InChI=1S/C20H30N2O3/c1-14(2)12-19(23)21-17-8-10-22(11-9-17)20(24)13-25-18-7-5-6-15(3)16(18)4/h5-7,14,17H,8-13H2,1-4H3,(H,21,23). The number of ether oxygens (including phenoxy) is 1. The van der Waals surface area contributed by atoms with Gasteiger partial charge < -0.3 is 15.0 Å². The Morgan fingerprint density at radius 3 is 2.56 bits per heavy atom. The van der Waals surface area contributed by atoms with Gasteiger partial charge in [-0.25, -0.2) is 0 Å². The molecule has 1 aliphatic heterocycles. The molecule has 0 saturated carbocycles. The molecule has 5 heteroatoms. The lowest BCUT2D eigenvalue weighted by molar-refractivity contribution is -0.134. The minimum Gasteiger partial charge on any atom is -0.483 e. The highest BCUT2D eigenvalue weighted by Crippen LogP contribution is 2.20. The number of hydrogen-bond acceptors (Lipinski definition) is 3. The molecule has 0 bridgehead atoms. The van der Waals surface area contributed by atoms with E-state index in [1.165, 1.54) is 0 Å². The molecular weight excluding hydrogens is 316 g/mol. The maximum Gasteiger partial charge on any atom is 0.260 e. The normalized spacial score (nSPS) is 15.3. The van der Waals surface area contributed by atoms with Crippen molar-refractivity contribution in [2.75, 3.05) is 19.7 Å². The van der Waals surface area contributed by atoms with Gasteiger partial charge in [0, 0.05) is 25.6 Å². The van der Waals surface area contributed by atoms with E-state index in [0.717, 1.165) is 29.7 Å². The Morgan fingerprint density at radius 2 is 1.92 bits per heavy atom. The van der Waals surface area contributed by atoms with Gasteiger partial charge in [-0.3, -0.25) is 9.59 Å². The van der Waals surface area contributed by atoms with Crippen LogP contribution in [0.3, 0.4) is 0 Å². The van der Waals surface area contributed by atoms with E-state index in [0.29, 0.717) is 25.4 Å². The van der Waals surface area contributed by atoms with Crippen molar-refractivity contribution >= 4 is 11.8 Å². The number of rotatable bonds is 6. The van der Waals surface area contributed by atoms with Crippen LogP contribution >= 0.6 is 0 Å². The van der Waals surface area contributed by atoms with E-state index < -0.39 is 0 Å². The summed E-state index contributed by atoms with van der Waals surface area (Å²) in [6.07, 6.45) is 2.17. The zero-order chi connectivity index (χ0) is 18.4. The second-order valence-corrected chi connectivity index (χ2v) is 7.31. The van der Waals surface area contributed by atoms with Crippen molar-refractivity contribution in [2.24, 2.45) is 5.92 Å². The number of amides is 2. The van der Waals surface area contributed by atoms with Crippen molar-refractivity contribution in [2.45, 2.75) is 53.0 Å². The summed E-state index contributed by atoms with van der Waals surface area (Å²) in [7, 11) is 0. The first-order valence-corrected chi connectivity index (χ1v) is 9.13. The van der Waals surface area contributed by atoms with E-state index in [9.17, 15) is 9.59 Å². The minimum absolute atomic E-state index is 0.00728. The maximum atomic E-state index is 12.4. The lowest BCUT2D eigenvalue weighted by Gasteiger charge is -2.32. The Morgan fingerprint density at radius 1 is 1.24 bits per heavy atom. The van der Waals surface area contributed by atoms with Crippen molar-refractivity contribution in [1.82, 2.24) is 10.2 Å². The van der Waals surface area contributed by atoms with Gasteiger partial charge in [-0.15, -0.1) is 0 Å². The predicted molar refractivity (Wildman–Crippen MR) is 98.6 cm³/mol. The van der Waals surface area contributed by atoms with Gasteiger partial charge in [0.25, 0.3) is 5.91 Å². The number of nitrogens with one attached hydrogen (secondary N) is 1. The molecule has 0 aromatic heterocycles. The first-order valence-electron chi connectivity index (χ1n) is 9.13. The second kappa shape index (κ2) is 8.88. The molecule has 2 rings (SSSR count). The summed E-state index contributed by atoms with van der Waals surface area (Å²) in [4.78, 5) is 26.0. The summed E-state index contributed by atoms with van der Waals surface area (Å²) >= 11 is 0. The zero-order valence-electron chi connectivity index (χ0n) is 15.8. The van der Waals surface area contributed by atoms with Gasteiger partial charge in [0.1, 0.15) is 5.75 Å². The molecule has 1 aromatic rings. The minimum atomic E-state index is 0.00728. The van der Waals surface area contributed by atoms with E-state index >= 15 is 0 Å². The third-order valence-corrected chi connectivity index (χ3v) is 4.71. The molecule has 0 aliphatic carbocycles. The smallest absolute Gasteiger partial charge is 0.260 e. The van der Waals surface area contributed by atoms with Crippen molar-refractivity contribution in [3.05, 3.63) is 29.3 Å². The fourth-order valence-electron chi connectivity index (χ4n) is 3.04. The van der Waals surface area contributed by atoms with E-state index in [4.69, 9.17) is 4.74 Å². The Bertz CT molecular complexity index is 605. The lowest BCUT2D eigenvalue weighted by atomic mass is 10.0. The number of nitrogens with zero attached hydrogens (tertiary/aromatic N) is 1. The van der Waals surface area contributed by atoms with Gasteiger partial charge in [-0.1, -0.05) is 26.0 Å². The van der Waals surface area contributed by atoms with E-state index in [2.05, 4.69) is 5.32 Å². The van der Waals surface area contributed by atoms with Crippen LogP contribution in [0.5, 0.6) is 5.75 Å². The Balaban J connectivity index is 1.75. The molecule has 0 unspecified atom stereocenters. The van der Waals surface area contributed by atoms with Crippen LogP contribution in [0.15, 0.2) is 18.2 Å². The van der Waals surface area contributed by atoms with Gasteiger partial charge in [0.15, 0.2) is 6.61 Å². The van der Waals surface area contributed by atoms with Crippen molar-refractivity contribution in [1.29, 1.82) is 0 Å². The average molecular weight is 346 g/mol. The third-order valence-electron chi connectivity index (χ3n) is 4.71. The van der Waals surface area contributed by atoms with E-state index in [1.54, 1.807) is 0 Å². The molecule has 1 aromatic carbocycles. The van der Waals surface area contributed by atoms with Gasteiger partial charge in [-0.05, 0) is 49.8 Å². The summed E-state index contributed by atoms with van der Waals surface area (Å²) < 4.78 is 5.71. The van der Waals surface area contributed by atoms with E-state index in [-0.39, 0.29) is 24.5 Å². The van der Waals surface area contributed by atoms with E-state index in [1.807, 2.05) is 50.8 Å². The van der Waals surface area contributed by atoms with Crippen LogP contribution in [0.1, 0.15) is 44.2 Å². The summed E-state index contributed by atoms with van der Waals surface area (Å²) in [6.45, 7) is 9.51. The van der Waals surface area contributed by atoms with Crippen molar-refractivity contribution < 1.29 is 14.3 Å². The quantitative estimate of drug-likeness (QED) is 0.862. The Hall–Kier alpha value is -2.04. The summed E-state index contributed by atoms with van der Waals surface area (Å²) in [5.41, 5.74) is 2.23. The van der Waals surface area contributed by atoms with Crippen LogP contribution in [0.4, 0.5) is 0 Å². The van der Waals surface area contributed by atoms with Crippen LogP contribution < -0.4 is 10.1 Å². The molecule has 1 fully saturated rings. The first kappa shape index (κ1) is 19.3. The molecule has 1 saturated heterocycles. The average Bonchev–Trinajstić information content (AvgIpc) is 2.56. The molecule has 0 spiro atoms. The molecular formula is C20H30N2O3. The number of aryl methyl sites for hydroxylation is 1. The number of benzene rings is 1. The number of likely N-dealkylation sites (tertiary alicyclic amines) is 1. The molecule has 1 N–H and O–H groups in total. The largest absolute Gasteiger partial charge is 0.483 e. The molecule has 1 heterocycles. The van der Waals surface area contributed by atoms with Crippen LogP contribution in [-0.4, -0.2) is 42.5 Å². The number of hydrogen-bond donors (Lipinski definition) is 1. The van der Waals surface area contributed by atoms with Gasteiger partial charge >= 0.3 is 0 Å². The molecule has 2 amide bonds. The number of carbonyl (C=O) groups excluding carboxylic acids is 2. The van der Waals surface area contributed by atoms with Crippen molar-refractivity contribution in [3.8, 4) is 5.75 Å². The third kappa shape index (κ3) is 5.76. The van der Waals surface area contributed by atoms with Crippen LogP contribution in [-0.2, 0) is 9.59 Å². The molecule has 1 aliphatic rings. The zero-order valence-corrected chi connectivity index (χ0v) is 15.8. The molecule has 138 valence electrons. The number of piperidine rings is 1. The highest BCUT2D eigenvalue weighted by molar-refractivity contribution is 5.78.